The van der Waals surface area contributed by atoms with Gasteiger partial charge in [0.25, 0.3) is 0 Å². The van der Waals surface area contributed by atoms with E-state index in [1.807, 2.05) is 12.3 Å². The van der Waals surface area contributed by atoms with Gasteiger partial charge in [0.1, 0.15) is 5.03 Å². The van der Waals surface area contributed by atoms with Crippen molar-refractivity contribution in [2.45, 2.75) is 24.0 Å². The highest BCUT2D eigenvalue weighted by Gasteiger charge is 2.32. The summed E-state index contributed by atoms with van der Waals surface area (Å²) in [6.45, 7) is 7.38. The summed E-state index contributed by atoms with van der Waals surface area (Å²) >= 11 is 4.16. The fourth-order valence-electron chi connectivity index (χ4n) is 2.73. The Morgan fingerprint density at radius 2 is 2.21 bits per heavy atom. The lowest BCUT2D eigenvalue weighted by atomic mass is 10.1. The summed E-state index contributed by atoms with van der Waals surface area (Å²) in [6.07, 6.45) is 1.96. The second kappa shape index (κ2) is 5.91. The Morgan fingerprint density at radius 1 is 1.37 bits per heavy atom. The van der Waals surface area contributed by atoms with Crippen LogP contribution >= 0.6 is 22.5 Å². The molecule has 0 radical (unpaired) electrons. The van der Waals surface area contributed by atoms with Gasteiger partial charge in [0.15, 0.2) is 0 Å². The minimum absolute atomic E-state index is 0.519. The van der Waals surface area contributed by atoms with Crippen molar-refractivity contribution < 1.29 is 4.74 Å². The third kappa shape index (κ3) is 2.86. The number of hydrogen-bond acceptors (Lipinski definition) is 6. The number of hydrogen-bond donors (Lipinski definition) is 1. The molecule has 19 heavy (non-hydrogen) atoms. The molecule has 2 saturated heterocycles. The van der Waals surface area contributed by atoms with Crippen LogP contribution in [0.4, 0.5) is 5.69 Å². The minimum Gasteiger partial charge on any atom is -0.378 e. The summed E-state index contributed by atoms with van der Waals surface area (Å²) in [5, 5.41) is 0.949. The standard InChI is InChI=1S/C13H19N3OS2/c1-10-7-15(12-8-17-9-12)4-5-16(10)11-2-3-13(19-18)14-6-11/h2-3,6,10,12,18H,4-5,7-9H2,1H3. The first-order valence-electron chi connectivity index (χ1n) is 6.64. The molecule has 0 aliphatic carbocycles. The Labute approximate surface area is 123 Å². The molecule has 0 bridgehead atoms. The van der Waals surface area contributed by atoms with Gasteiger partial charge in [-0.3, -0.25) is 4.90 Å². The molecule has 3 heterocycles. The summed E-state index contributed by atoms with van der Waals surface area (Å²) in [5.41, 5.74) is 1.21. The average Bonchev–Trinajstić information content (AvgIpc) is 2.37. The van der Waals surface area contributed by atoms with Crippen LogP contribution in [0.1, 0.15) is 6.92 Å². The number of thiol groups is 1. The first kappa shape index (κ1) is 13.5. The Kier molecular flexibility index (Phi) is 4.21. The molecule has 2 aliphatic heterocycles. The zero-order chi connectivity index (χ0) is 13.2. The maximum atomic E-state index is 5.29. The van der Waals surface area contributed by atoms with E-state index in [0.29, 0.717) is 12.1 Å². The van der Waals surface area contributed by atoms with Crippen LogP contribution in [0, 0.1) is 0 Å². The smallest absolute Gasteiger partial charge is 0.106 e. The van der Waals surface area contributed by atoms with Crippen LogP contribution in [0.25, 0.3) is 0 Å². The molecular formula is C13H19N3OS2. The van der Waals surface area contributed by atoms with Gasteiger partial charge < -0.3 is 9.64 Å². The Morgan fingerprint density at radius 3 is 2.74 bits per heavy atom. The van der Waals surface area contributed by atoms with Gasteiger partial charge in [-0.1, -0.05) is 0 Å². The maximum Gasteiger partial charge on any atom is 0.106 e. The van der Waals surface area contributed by atoms with E-state index in [9.17, 15) is 0 Å². The lowest BCUT2D eigenvalue weighted by molar-refractivity contribution is -0.0691. The van der Waals surface area contributed by atoms with Crippen molar-refractivity contribution in [3.05, 3.63) is 18.3 Å². The molecule has 6 heteroatoms. The third-order valence-electron chi connectivity index (χ3n) is 3.94. The molecule has 0 aromatic carbocycles. The van der Waals surface area contributed by atoms with Crippen LogP contribution in [0.15, 0.2) is 23.4 Å². The SMILES string of the molecule is CC1CN(C2COC2)CCN1c1ccc(SS)nc1. The summed E-state index contributed by atoms with van der Waals surface area (Å²) in [7, 11) is 1.38. The molecule has 1 aromatic heterocycles. The topological polar surface area (TPSA) is 28.6 Å². The number of anilines is 1. The van der Waals surface area contributed by atoms with Gasteiger partial charge in [0.05, 0.1) is 31.1 Å². The Bertz CT molecular complexity index is 424. The maximum absolute atomic E-state index is 5.29. The van der Waals surface area contributed by atoms with Crippen molar-refractivity contribution in [1.29, 1.82) is 0 Å². The van der Waals surface area contributed by atoms with E-state index in [1.165, 1.54) is 16.5 Å². The molecule has 0 N–H and O–H groups in total. The van der Waals surface area contributed by atoms with Crippen molar-refractivity contribution in [3.63, 3.8) is 0 Å². The lowest BCUT2D eigenvalue weighted by Crippen LogP contribution is -2.59. The van der Waals surface area contributed by atoms with Gasteiger partial charge >= 0.3 is 0 Å². The third-order valence-corrected chi connectivity index (χ3v) is 4.93. The molecule has 1 atom stereocenters. The number of piperazine rings is 1. The molecule has 104 valence electrons. The van der Waals surface area contributed by atoms with Gasteiger partial charge in [-0.15, -0.1) is 11.7 Å². The van der Waals surface area contributed by atoms with E-state index in [1.54, 1.807) is 0 Å². The Balaban J connectivity index is 1.65. The predicted molar refractivity (Wildman–Crippen MR) is 82.1 cm³/mol. The number of aromatic nitrogens is 1. The average molecular weight is 297 g/mol. The van der Waals surface area contributed by atoms with Crippen molar-refractivity contribution in [1.82, 2.24) is 9.88 Å². The summed E-state index contributed by atoms with van der Waals surface area (Å²) in [6, 6.07) is 5.34. The first-order chi connectivity index (χ1) is 9.28. The van der Waals surface area contributed by atoms with Gasteiger partial charge in [-0.2, -0.15) is 0 Å². The molecule has 4 nitrogen and oxygen atoms in total. The van der Waals surface area contributed by atoms with Gasteiger partial charge in [-0.25, -0.2) is 4.98 Å². The summed E-state index contributed by atoms with van der Waals surface area (Å²) in [5.74, 6) is 0. The molecule has 2 aliphatic rings. The number of ether oxygens (including phenoxy) is 1. The minimum atomic E-state index is 0.519. The largest absolute Gasteiger partial charge is 0.378 e. The van der Waals surface area contributed by atoms with Crippen LogP contribution in [-0.2, 0) is 4.74 Å². The summed E-state index contributed by atoms with van der Waals surface area (Å²) in [4.78, 5) is 9.39. The molecular weight excluding hydrogens is 278 g/mol. The normalized spacial score (nSPS) is 25.4. The van der Waals surface area contributed by atoms with Crippen molar-refractivity contribution in [2.75, 3.05) is 37.7 Å². The molecule has 0 spiro atoms. The molecule has 1 aromatic rings. The predicted octanol–water partition coefficient (Wildman–Crippen LogP) is 1.93. The van der Waals surface area contributed by atoms with E-state index in [0.717, 1.165) is 37.9 Å². The second-order valence-corrected chi connectivity index (χ2v) is 6.32. The zero-order valence-corrected chi connectivity index (χ0v) is 12.7. The zero-order valence-electron chi connectivity index (χ0n) is 11.0. The highest BCUT2D eigenvalue weighted by atomic mass is 33.1. The molecule has 0 saturated carbocycles. The van der Waals surface area contributed by atoms with Crippen LogP contribution in [-0.4, -0.2) is 54.8 Å². The number of nitrogens with zero attached hydrogens (tertiary/aromatic N) is 3. The summed E-state index contributed by atoms with van der Waals surface area (Å²) < 4.78 is 5.29. The number of rotatable bonds is 3. The van der Waals surface area contributed by atoms with Gasteiger partial charge in [0, 0.05) is 25.7 Å². The molecule has 2 fully saturated rings. The first-order valence-corrected chi connectivity index (χ1v) is 8.50. The second-order valence-electron chi connectivity index (χ2n) is 5.17. The fourth-order valence-corrected chi connectivity index (χ4v) is 3.28. The van der Waals surface area contributed by atoms with Crippen molar-refractivity contribution in [2.24, 2.45) is 0 Å². The van der Waals surface area contributed by atoms with Crippen LogP contribution in [0.2, 0.25) is 0 Å². The Hall–Kier alpha value is -0.430. The quantitative estimate of drug-likeness (QED) is 0.680. The molecule has 1 unspecified atom stereocenters. The van der Waals surface area contributed by atoms with Crippen LogP contribution in [0.5, 0.6) is 0 Å². The molecule has 3 rings (SSSR count). The van der Waals surface area contributed by atoms with E-state index >= 15 is 0 Å². The monoisotopic (exact) mass is 297 g/mol. The number of pyridine rings is 1. The van der Waals surface area contributed by atoms with E-state index in [2.05, 4.69) is 39.4 Å². The highest BCUT2D eigenvalue weighted by Crippen LogP contribution is 2.25. The highest BCUT2D eigenvalue weighted by molar-refractivity contribution is 8.68. The van der Waals surface area contributed by atoms with Crippen molar-refractivity contribution in [3.8, 4) is 0 Å². The van der Waals surface area contributed by atoms with Crippen molar-refractivity contribution >= 4 is 28.1 Å². The van der Waals surface area contributed by atoms with Crippen LogP contribution in [0.3, 0.4) is 0 Å². The molecule has 0 amide bonds. The van der Waals surface area contributed by atoms with E-state index < -0.39 is 0 Å². The van der Waals surface area contributed by atoms with E-state index in [4.69, 9.17) is 4.74 Å². The lowest BCUT2D eigenvalue weighted by Gasteiger charge is -2.46. The van der Waals surface area contributed by atoms with Gasteiger partial charge in [0.2, 0.25) is 0 Å². The van der Waals surface area contributed by atoms with E-state index in [-0.39, 0.29) is 0 Å². The van der Waals surface area contributed by atoms with Gasteiger partial charge in [-0.05, 0) is 29.9 Å². The van der Waals surface area contributed by atoms with Crippen LogP contribution < -0.4 is 4.90 Å². The fraction of sp³-hybridized carbons (Fsp3) is 0.615.